The van der Waals surface area contributed by atoms with E-state index in [1.165, 1.54) is 25.7 Å². The maximum absolute atomic E-state index is 12.1. The van der Waals surface area contributed by atoms with Crippen LogP contribution in [0.3, 0.4) is 0 Å². The van der Waals surface area contributed by atoms with Crippen molar-refractivity contribution in [2.24, 2.45) is 23.2 Å². The molecule has 6 heteroatoms. The van der Waals surface area contributed by atoms with Gasteiger partial charge < -0.3 is 4.74 Å². The predicted molar refractivity (Wildman–Crippen MR) is 88.5 cm³/mol. The quantitative estimate of drug-likeness (QED) is 0.714. The monoisotopic (exact) mass is 346 g/mol. The lowest BCUT2D eigenvalue weighted by molar-refractivity contribution is -0.129. The minimum atomic E-state index is -4.53. The van der Waals surface area contributed by atoms with Crippen LogP contribution < -0.4 is 0 Å². The molecule has 2 fully saturated rings. The van der Waals surface area contributed by atoms with Crippen LogP contribution in [0.5, 0.6) is 0 Å². The van der Waals surface area contributed by atoms with E-state index in [1.54, 1.807) is 0 Å². The Balaban J connectivity index is 2.01. The number of carbonyl (C=O) groups excluding carboxylic acids is 1. The summed E-state index contributed by atoms with van der Waals surface area (Å²) >= 11 is 0. The third-order valence-corrected chi connectivity index (χ3v) is 6.12. The Labute approximate surface area is 139 Å². The van der Waals surface area contributed by atoms with Crippen LogP contribution in [0.2, 0.25) is 0 Å². The molecule has 0 aromatic rings. The Hall–Kier alpha value is -0.460. The van der Waals surface area contributed by atoms with Gasteiger partial charge in [-0.15, -0.1) is 0 Å². The summed E-state index contributed by atoms with van der Waals surface area (Å²) in [4.78, 5) is 12.1. The lowest BCUT2D eigenvalue weighted by Crippen LogP contribution is -2.41. The van der Waals surface area contributed by atoms with Gasteiger partial charge in [-0.1, -0.05) is 40.0 Å². The van der Waals surface area contributed by atoms with Crippen LogP contribution in [0.1, 0.15) is 65.7 Å². The molecular weight excluding hydrogens is 316 g/mol. The van der Waals surface area contributed by atoms with Gasteiger partial charge in [-0.25, -0.2) is 0 Å². The molecule has 0 radical (unpaired) electrons. The number of Topliss-reactive ketones (excluding diaryl/α,β-unsaturated/α-hetero) is 1. The minimum absolute atomic E-state index is 0.0278. The van der Waals surface area contributed by atoms with Gasteiger partial charge in [0, 0.05) is 6.42 Å². The van der Waals surface area contributed by atoms with Gasteiger partial charge in [-0.2, -0.15) is 8.42 Å². The summed E-state index contributed by atoms with van der Waals surface area (Å²) in [6.45, 7) is 6.00. The Morgan fingerprint density at radius 3 is 2.30 bits per heavy atom. The maximum atomic E-state index is 12.1. The van der Waals surface area contributed by atoms with Gasteiger partial charge in [-0.3, -0.25) is 9.35 Å². The van der Waals surface area contributed by atoms with Crippen molar-refractivity contribution in [3.63, 3.8) is 0 Å². The zero-order valence-corrected chi connectivity index (χ0v) is 15.3. The molecule has 0 amide bonds. The highest BCUT2D eigenvalue weighted by molar-refractivity contribution is 7.87. The SMILES string of the molecule is CC(C)CC(=O)C(OCC1(C)CC2CCCC(C2)C1)S(=O)(=O)O. The van der Waals surface area contributed by atoms with Crippen molar-refractivity contribution in [1.82, 2.24) is 0 Å². The lowest BCUT2D eigenvalue weighted by atomic mass is 9.62. The van der Waals surface area contributed by atoms with Gasteiger partial charge in [0.1, 0.15) is 0 Å². The van der Waals surface area contributed by atoms with E-state index in [-0.39, 0.29) is 24.4 Å². The number of rotatable bonds is 7. The average Bonchev–Trinajstić information content (AvgIpc) is 2.35. The van der Waals surface area contributed by atoms with E-state index in [0.29, 0.717) is 11.8 Å². The first kappa shape index (κ1) is 18.9. The van der Waals surface area contributed by atoms with E-state index in [1.807, 2.05) is 13.8 Å². The molecule has 2 aliphatic rings. The number of hydrogen-bond acceptors (Lipinski definition) is 4. The largest absolute Gasteiger partial charge is 0.353 e. The van der Waals surface area contributed by atoms with Crippen molar-refractivity contribution in [3.05, 3.63) is 0 Å². The fraction of sp³-hybridized carbons (Fsp3) is 0.941. The summed E-state index contributed by atoms with van der Waals surface area (Å²) in [6.07, 6.45) is 7.14. The molecule has 2 saturated carbocycles. The zero-order valence-electron chi connectivity index (χ0n) is 14.5. The second-order valence-corrected chi connectivity index (χ2v) is 9.80. The normalized spacial score (nSPS) is 32.7. The van der Waals surface area contributed by atoms with Gasteiger partial charge >= 0.3 is 0 Å². The summed E-state index contributed by atoms with van der Waals surface area (Å²) in [5.41, 5.74) is -1.84. The fourth-order valence-corrected chi connectivity index (χ4v) is 5.16. The highest BCUT2D eigenvalue weighted by Gasteiger charge is 2.41. The Kier molecular flexibility index (Phi) is 5.90. The van der Waals surface area contributed by atoms with Crippen molar-refractivity contribution < 1.29 is 22.5 Å². The van der Waals surface area contributed by atoms with Crippen molar-refractivity contribution in [3.8, 4) is 0 Å². The van der Waals surface area contributed by atoms with Crippen molar-refractivity contribution in [2.75, 3.05) is 6.61 Å². The van der Waals surface area contributed by atoms with Gasteiger partial charge in [0.15, 0.2) is 5.78 Å². The Morgan fingerprint density at radius 1 is 1.26 bits per heavy atom. The molecule has 0 aromatic heterocycles. The molecule has 23 heavy (non-hydrogen) atoms. The number of hydrogen-bond donors (Lipinski definition) is 1. The van der Waals surface area contributed by atoms with Crippen molar-refractivity contribution in [2.45, 2.75) is 71.2 Å². The van der Waals surface area contributed by atoms with Gasteiger partial charge in [0.2, 0.25) is 5.44 Å². The molecule has 0 aliphatic heterocycles. The number of carbonyl (C=O) groups is 1. The molecule has 0 saturated heterocycles. The van der Waals surface area contributed by atoms with Crippen LogP contribution in [0, 0.1) is 23.2 Å². The van der Waals surface area contributed by atoms with E-state index >= 15 is 0 Å². The highest BCUT2D eigenvalue weighted by atomic mass is 32.2. The first-order chi connectivity index (χ1) is 10.6. The van der Waals surface area contributed by atoms with Crippen LogP contribution in [0.25, 0.3) is 0 Å². The zero-order chi connectivity index (χ0) is 17.3. The predicted octanol–water partition coefficient (Wildman–Crippen LogP) is 3.44. The van der Waals surface area contributed by atoms with E-state index in [0.717, 1.165) is 12.8 Å². The number of fused-ring (bicyclic) bond motifs is 2. The molecule has 134 valence electrons. The lowest BCUT2D eigenvalue weighted by Gasteiger charge is -2.45. The average molecular weight is 346 g/mol. The summed E-state index contributed by atoms with van der Waals surface area (Å²) in [5.74, 6) is 0.848. The highest BCUT2D eigenvalue weighted by Crippen LogP contribution is 2.48. The van der Waals surface area contributed by atoms with E-state index < -0.39 is 21.3 Å². The third kappa shape index (κ3) is 5.26. The molecular formula is C17H30O5S. The Bertz CT molecular complexity index is 513. The number of ether oxygens (including phenoxy) is 1. The van der Waals surface area contributed by atoms with Crippen LogP contribution in [0.4, 0.5) is 0 Å². The fourth-order valence-electron chi connectivity index (χ4n) is 4.49. The minimum Gasteiger partial charge on any atom is -0.353 e. The molecule has 3 unspecified atom stereocenters. The van der Waals surface area contributed by atoms with Gasteiger partial charge in [-0.05, 0) is 42.4 Å². The van der Waals surface area contributed by atoms with Gasteiger partial charge in [0.05, 0.1) is 6.61 Å². The molecule has 1 N–H and O–H groups in total. The summed E-state index contributed by atoms with van der Waals surface area (Å²) in [6, 6.07) is 0. The van der Waals surface area contributed by atoms with E-state index in [4.69, 9.17) is 4.74 Å². The molecule has 2 bridgehead atoms. The molecule has 2 rings (SSSR count). The summed E-state index contributed by atoms with van der Waals surface area (Å²) in [7, 11) is -4.53. The molecule has 2 aliphatic carbocycles. The molecule has 5 nitrogen and oxygen atoms in total. The van der Waals surface area contributed by atoms with Crippen molar-refractivity contribution >= 4 is 15.9 Å². The smallest absolute Gasteiger partial charge is 0.299 e. The summed E-state index contributed by atoms with van der Waals surface area (Å²) < 4.78 is 37.9. The van der Waals surface area contributed by atoms with Crippen LogP contribution >= 0.6 is 0 Å². The van der Waals surface area contributed by atoms with Crippen LogP contribution in [-0.4, -0.2) is 30.8 Å². The molecule has 3 atom stereocenters. The standard InChI is InChI=1S/C17H30O5S/c1-12(2)7-15(18)16(23(19,20)21)22-11-17(3)9-13-5-4-6-14(8-13)10-17/h12-14,16H,4-11H2,1-3H3,(H,19,20,21). The summed E-state index contributed by atoms with van der Waals surface area (Å²) in [5, 5.41) is 0. The third-order valence-electron chi connectivity index (χ3n) is 5.18. The second-order valence-electron chi connectivity index (χ2n) is 8.34. The molecule has 0 aromatic carbocycles. The first-order valence-corrected chi connectivity index (χ1v) is 10.2. The van der Waals surface area contributed by atoms with Crippen LogP contribution in [0.15, 0.2) is 0 Å². The van der Waals surface area contributed by atoms with E-state index in [2.05, 4.69) is 6.92 Å². The first-order valence-electron chi connectivity index (χ1n) is 8.70. The second kappa shape index (κ2) is 7.19. The molecule has 0 heterocycles. The number of ketones is 1. The van der Waals surface area contributed by atoms with E-state index in [9.17, 15) is 17.8 Å². The Morgan fingerprint density at radius 2 is 1.83 bits per heavy atom. The van der Waals surface area contributed by atoms with Gasteiger partial charge in [0.25, 0.3) is 10.1 Å². The van der Waals surface area contributed by atoms with Crippen molar-refractivity contribution in [1.29, 1.82) is 0 Å². The topological polar surface area (TPSA) is 80.7 Å². The maximum Gasteiger partial charge on any atom is 0.299 e. The molecule has 0 spiro atoms. The van der Waals surface area contributed by atoms with Crippen LogP contribution in [-0.2, 0) is 19.6 Å².